The summed E-state index contributed by atoms with van der Waals surface area (Å²) in [6.45, 7) is 2.85. The molecule has 29 heavy (non-hydrogen) atoms. The fraction of sp³-hybridized carbons (Fsp3) is 0.524. The van der Waals surface area contributed by atoms with Gasteiger partial charge in [-0.05, 0) is 43.8 Å². The zero-order valence-corrected chi connectivity index (χ0v) is 17.3. The third-order valence-electron chi connectivity index (χ3n) is 5.68. The van der Waals surface area contributed by atoms with Gasteiger partial charge in [-0.1, -0.05) is 12.2 Å². The highest BCUT2D eigenvalue weighted by Gasteiger charge is 2.28. The van der Waals surface area contributed by atoms with E-state index in [9.17, 15) is 9.59 Å². The van der Waals surface area contributed by atoms with Crippen LogP contribution in [0.2, 0.25) is 0 Å². The van der Waals surface area contributed by atoms with Crippen molar-refractivity contribution in [3.63, 3.8) is 0 Å². The number of carbonyl (C=O) groups excluding carboxylic acids is 2. The van der Waals surface area contributed by atoms with Gasteiger partial charge in [-0.25, -0.2) is 0 Å². The number of aromatic nitrogens is 2. The van der Waals surface area contributed by atoms with Crippen molar-refractivity contribution in [2.24, 2.45) is 10.9 Å². The molecule has 3 atom stereocenters. The smallest absolute Gasteiger partial charge is 0.229 e. The molecule has 0 saturated carbocycles. The van der Waals surface area contributed by atoms with E-state index in [2.05, 4.69) is 25.4 Å². The summed E-state index contributed by atoms with van der Waals surface area (Å²) < 4.78 is 2.06. The summed E-state index contributed by atoms with van der Waals surface area (Å²) in [5, 5.41) is 10.1. The molecule has 3 heterocycles. The molecular formula is C21H26ClN5O2. The molecule has 2 aliphatic heterocycles. The van der Waals surface area contributed by atoms with Crippen LogP contribution in [0.15, 0.2) is 29.4 Å². The van der Waals surface area contributed by atoms with Gasteiger partial charge < -0.3 is 10.6 Å². The molecular weight excluding hydrogens is 390 g/mol. The van der Waals surface area contributed by atoms with Gasteiger partial charge in [0.05, 0.1) is 18.1 Å². The van der Waals surface area contributed by atoms with Gasteiger partial charge in [0.2, 0.25) is 11.8 Å². The van der Waals surface area contributed by atoms with Crippen LogP contribution in [0.3, 0.4) is 0 Å². The van der Waals surface area contributed by atoms with Gasteiger partial charge in [0, 0.05) is 36.7 Å². The highest BCUT2D eigenvalue weighted by Crippen LogP contribution is 2.31. The molecule has 1 unspecified atom stereocenters. The van der Waals surface area contributed by atoms with Gasteiger partial charge in [-0.2, -0.15) is 5.10 Å². The number of alkyl halides is 1. The molecule has 154 valence electrons. The second-order valence-corrected chi connectivity index (χ2v) is 8.40. The fourth-order valence-electron chi connectivity index (χ4n) is 4.24. The number of fused-ring (bicyclic) bond motifs is 1. The molecule has 2 amide bonds. The van der Waals surface area contributed by atoms with E-state index in [0.29, 0.717) is 25.2 Å². The van der Waals surface area contributed by atoms with Crippen LogP contribution in [0.4, 0.5) is 0 Å². The van der Waals surface area contributed by atoms with Crippen LogP contribution in [-0.4, -0.2) is 45.4 Å². The number of nitrogens with zero attached hydrogens (tertiary/aromatic N) is 3. The Kier molecular flexibility index (Phi) is 5.85. The first-order chi connectivity index (χ1) is 14.0. The molecule has 0 radical (unpaired) electrons. The Morgan fingerprint density at radius 2 is 2.17 bits per heavy atom. The number of nitrogens with one attached hydrogen (secondary N) is 2. The number of rotatable bonds is 3. The predicted molar refractivity (Wildman–Crippen MR) is 113 cm³/mol. The highest BCUT2D eigenvalue weighted by atomic mass is 35.5. The predicted octanol–water partition coefficient (Wildman–Crippen LogP) is 2.21. The summed E-state index contributed by atoms with van der Waals surface area (Å²) in [5.41, 5.74) is 3.26. The minimum atomic E-state index is -0.228. The molecule has 0 saturated heterocycles. The molecule has 0 aromatic carbocycles. The third-order valence-corrected chi connectivity index (χ3v) is 6.06. The Labute approximate surface area is 175 Å². The number of hydrogen-bond donors (Lipinski definition) is 2. The minimum absolute atomic E-state index is 0.0795. The number of halogens is 1. The lowest BCUT2D eigenvalue weighted by Crippen LogP contribution is -2.42. The summed E-state index contributed by atoms with van der Waals surface area (Å²) in [6, 6.07) is -0.109. The second-order valence-electron chi connectivity index (χ2n) is 7.87. The van der Waals surface area contributed by atoms with Crippen LogP contribution >= 0.6 is 11.6 Å². The van der Waals surface area contributed by atoms with E-state index in [1.54, 1.807) is 0 Å². The molecule has 1 aromatic rings. The highest BCUT2D eigenvalue weighted by molar-refractivity contribution is 6.28. The average Bonchev–Trinajstić information content (AvgIpc) is 3.13. The summed E-state index contributed by atoms with van der Waals surface area (Å²) >= 11 is 6.56. The number of amides is 2. The van der Waals surface area contributed by atoms with Gasteiger partial charge in [0.1, 0.15) is 5.84 Å². The van der Waals surface area contributed by atoms with Gasteiger partial charge in [-0.3, -0.25) is 19.3 Å². The molecule has 0 bridgehead atoms. The molecule has 7 nitrogen and oxygen atoms in total. The molecule has 1 aromatic heterocycles. The monoisotopic (exact) mass is 415 g/mol. The summed E-state index contributed by atoms with van der Waals surface area (Å²) in [6.07, 6.45) is 12.2. The van der Waals surface area contributed by atoms with Crippen molar-refractivity contribution in [1.82, 2.24) is 20.4 Å². The van der Waals surface area contributed by atoms with E-state index in [4.69, 9.17) is 11.6 Å². The topological polar surface area (TPSA) is 88.4 Å². The van der Waals surface area contributed by atoms with Crippen molar-refractivity contribution in [1.29, 1.82) is 0 Å². The average molecular weight is 416 g/mol. The van der Waals surface area contributed by atoms with Crippen LogP contribution in [0.25, 0.3) is 5.57 Å². The lowest BCUT2D eigenvalue weighted by atomic mass is 9.90. The first-order valence-corrected chi connectivity index (χ1v) is 10.6. The Bertz CT molecular complexity index is 901. The van der Waals surface area contributed by atoms with Crippen molar-refractivity contribution in [2.45, 2.75) is 57.0 Å². The SMILES string of the molecule is CC(=O)N[C@@H]1C=CC[C@H](C(=O)NC2=NCC(Cl)C(c3cnn4c3CCCC4)=C2)C1. The van der Waals surface area contributed by atoms with E-state index >= 15 is 0 Å². The van der Waals surface area contributed by atoms with Crippen LogP contribution in [-0.2, 0) is 22.6 Å². The van der Waals surface area contributed by atoms with Crippen LogP contribution in [0, 0.1) is 5.92 Å². The van der Waals surface area contributed by atoms with Gasteiger partial charge in [0.25, 0.3) is 0 Å². The van der Waals surface area contributed by atoms with E-state index in [-0.39, 0.29) is 29.2 Å². The number of aryl methyl sites for hydroxylation is 1. The Morgan fingerprint density at radius 1 is 1.31 bits per heavy atom. The maximum absolute atomic E-state index is 12.8. The normalized spacial score (nSPS) is 26.2. The van der Waals surface area contributed by atoms with Gasteiger partial charge in [-0.15, -0.1) is 11.6 Å². The zero-order valence-electron chi connectivity index (χ0n) is 16.5. The van der Waals surface area contributed by atoms with Crippen LogP contribution in [0.5, 0.6) is 0 Å². The third kappa shape index (κ3) is 4.45. The van der Waals surface area contributed by atoms with E-state index in [0.717, 1.165) is 36.9 Å². The number of hydrogen-bond acceptors (Lipinski definition) is 4. The van der Waals surface area contributed by atoms with E-state index in [1.807, 2.05) is 24.4 Å². The largest absolute Gasteiger partial charge is 0.350 e. The number of amidine groups is 1. The van der Waals surface area contributed by atoms with Crippen LogP contribution < -0.4 is 10.6 Å². The molecule has 4 rings (SSSR count). The maximum atomic E-state index is 12.8. The van der Waals surface area contributed by atoms with E-state index in [1.165, 1.54) is 12.6 Å². The van der Waals surface area contributed by atoms with Crippen molar-refractivity contribution < 1.29 is 9.59 Å². The first-order valence-electron chi connectivity index (χ1n) is 10.2. The zero-order chi connectivity index (χ0) is 20.4. The standard InChI is InChI=1S/C21H26ClN5O2/c1-13(28)25-15-6-4-5-14(9-15)21(29)26-20-10-16(18(22)12-23-20)17-11-24-27-8-3-2-7-19(17)27/h4,6,10-11,14-15,18H,2-3,5,7-9,12H2,1H3,(H,25,28)(H,23,26,29)/t14-,15+,18?/m0/s1. The van der Waals surface area contributed by atoms with Crippen molar-refractivity contribution >= 4 is 34.8 Å². The summed E-state index contributed by atoms with van der Waals surface area (Å²) in [4.78, 5) is 28.5. The molecule has 2 N–H and O–H groups in total. The fourth-order valence-corrected chi connectivity index (χ4v) is 4.49. The maximum Gasteiger partial charge on any atom is 0.229 e. The van der Waals surface area contributed by atoms with Crippen molar-refractivity contribution in [3.05, 3.63) is 35.7 Å². The summed E-state index contributed by atoms with van der Waals surface area (Å²) in [7, 11) is 0. The molecule has 3 aliphatic rings. The van der Waals surface area contributed by atoms with Gasteiger partial charge >= 0.3 is 0 Å². The number of allylic oxidation sites excluding steroid dienone is 1. The quantitative estimate of drug-likeness (QED) is 0.586. The Hall–Kier alpha value is -2.41. The minimum Gasteiger partial charge on any atom is -0.350 e. The Morgan fingerprint density at radius 3 is 3.00 bits per heavy atom. The second kappa shape index (κ2) is 8.53. The number of aliphatic imine (C=N–C) groups is 1. The van der Waals surface area contributed by atoms with Gasteiger partial charge in [0.15, 0.2) is 0 Å². The lowest BCUT2D eigenvalue weighted by Gasteiger charge is -2.25. The van der Waals surface area contributed by atoms with Crippen LogP contribution in [0.1, 0.15) is 43.9 Å². The molecule has 1 aliphatic carbocycles. The Balaban J connectivity index is 1.47. The lowest BCUT2D eigenvalue weighted by molar-refractivity contribution is -0.125. The molecule has 8 heteroatoms. The summed E-state index contributed by atoms with van der Waals surface area (Å²) in [5.74, 6) is 0.170. The van der Waals surface area contributed by atoms with Crippen molar-refractivity contribution in [2.75, 3.05) is 6.54 Å². The van der Waals surface area contributed by atoms with E-state index < -0.39 is 0 Å². The molecule has 0 spiro atoms. The van der Waals surface area contributed by atoms with Crippen molar-refractivity contribution in [3.8, 4) is 0 Å². The first kappa shape index (κ1) is 19.9. The number of dihydropyridines is 1. The molecule has 0 fully saturated rings. The number of carbonyl (C=O) groups is 2.